The van der Waals surface area contributed by atoms with Crippen molar-refractivity contribution in [3.05, 3.63) is 32.9 Å². The van der Waals surface area contributed by atoms with E-state index in [0.717, 1.165) is 49.2 Å². The molecule has 0 saturated carbocycles. The highest BCUT2D eigenvalue weighted by molar-refractivity contribution is 9.10. The molecule has 7 heteroatoms. The minimum atomic E-state index is 0.0185. The number of fused-ring (bicyclic) bond motifs is 1. The van der Waals surface area contributed by atoms with Gasteiger partial charge in [0.25, 0.3) is 5.56 Å². The number of nitrogens with one attached hydrogen (secondary N) is 1. The molecule has 1 N–H and O–H groups in total. The molecule has 0 amide bonds. The summed E-state index contributed by atoms with van der Waals surface area (Å²) in [7, 11) is 0. The first-order valence-electron chi connectivity index (χ1n) is 9.58. The zero-order valence-electron chi connectivity index (χ0n) is 15.8. The van der Waals surface area contributed by atoms with E-state index in [1.165, 1.54) is 0 Å². The second kappa shape index (κ2) is 8.59. The molecule has 26 heavy (non-hydrogen) atoms. The molecule has 1 aliphatic heterocycles. The van der Waals surface area contributed by atoms with Crippen LogP contribution < -0.4 is 10.9 Å². The zero-order valence-corrected chi connectivity index (χ0v) is 17.4. The Morgan fingerprint density at radius 2 is 2.19 bits per heavy atom. The van der Waals surface area contributed by atoms with E-state index < -0.39 is 0 Å². The molecular weight excluding hydrogens is 394 g/mol. The van der Waals surface area contributed by atoms with Gasteiger partial charge in [0, 0.05) is 42.9 Å². The molecule has 0 radical (unpaired) electrons. The first-order valence-corrected chi connectivity index (χ1v) is 10.4. The number of piperazine rings is 1. The number of hydrogen-bond acceptors (Lipinski definition) is 5. The molecule has 142 valence electrons. The SMILES string of the molecule is CCCC(c1nc2ncc(Br)cc2c(=O)n1CCC)N1CCN[C@@H](C)C1. The molecule has 1 unspecified atom stereocenters. The van der Waals surface area contributed by atoms with E-state index in [1.54, 1.807) is 6.20 Å². The molecule has 0 spiro atoms. The minimum absolute atomic E-state index is 0.0185. The van der Waals surface area contributed by atoms with E-state index >= 15 is 0 Å². The van der Waals surface area contributed by atoms with Crippen molar-refractivity contribution in [2.45, 2.75) is 58.7 Å². The third-order valence-corrected chi connectivity index (χ3v) is 5.39. The molecule has 3 heterocycles. The van der Waals surface area contributed by atoms with E-state index in [-0.39, 0.29) is 11.6 Å². The molecule has 3 rings (SSSR count). The summed E-state index contributed by atoms with van der Waals surface area (Å²) in [6.07, 6.45) is 4.66. The molecule has 2 atom stereocenters. The molecule has 0 aliphatic carbocycles. The van der Waals surface area contributed by atoms with Crippen molar-refractivity contribution in [3.8, 4) is 0 Å². The maximum atomic E-state index is 13.2. The highest BCUT2D eigenvalue weighted by atomic mass is 79.9. The lowest BCUT2D eigenvalue weighted by Gasteiger charge is -2.38. The minimum Gasteiger partial charge on any atom is -0.312 e. The van der Waals surface area contributed by atoms with Crippen LogP contribution >= 0.6 is 15.9 Å². The summed E-state index contributed by atoms with van der Waals surface area (Å²) in [6.45, 7) is 10.1. The molecule has 1 fully saturated rings. The van der Waals surface area contributed by atoms with Gasteiger partial charge in [0.05, 0.1) is 11.4 Å². The lowest BCUT2D eigenvalue weighted by molar-refractivity contribution is 0.131. The van der Waals surface area contributed by atoms with Crippen LogP contribution in [0.3, 0.4) is 0 Å². The second-order valence-electron chi connectivity index (χ2n) is 7.11. The topological polar surface area (TPSA) is 63.1 Å². The number of aromatic nitrogens is 3. The Labute approximate surface area is 163 Å². The summed E-state index contributed by atoms with van der Waals surface area (Å²) in [5, 5.41) is 4.08. The summed E-state index contributed by atoms with van der Waals surface area (Å²) >= 11 is 3.42. The van der Waals surface area contributed by atoms with Crippen molar-refractivity contribution in [2.75, 3.05) is 19.6 Å². The van der Waals surface area contributed by atoms with Crippen molar-refractivity contribution in [1.29, 1.82) is 0 Å². The molecule has 2 aromatic rings. The van der Waals surface area contributed by atoms with Gasteiger partial charge in [0.2, 0.25) is 0 Å². The quantitative estimate of drug-likeness (QED) is 0.775. The zero-order chi connectivity index (χ0) is 18.7. The fourth-order valence-corrected chi connectivity index (χ4v) is 4.12. The van der Waals surface area contributed by atoms with Crippen molar-refractivity contribution in [2.24, 2.45) is 0 Å². The van der Waals surface area contributed by atoms with E-state index in [9.17, 15) is 4.79 Å². The van der Waals surface area contributed by atoms with Crippen LogP contribution in [0.4, 0.5) is 0 Å². The fraction of sp³-hybridized carbons (Fsp3) is 0.632. The summed E-state index contributed by atoms with van der Waals surface area (Å²) in [5.74, 6) is 0.870. The Kier molecular flexibility index (Phi) is 6.42. The van der Waals surface area contributed by atoms with Crippen molar-refractivity contribution in [1.82, 2.24) is 24.8 Å². The molecule has 2 aromatic heterocycles. The normalized spacial score (nSPS) is 19.8. The van der Waals surface area contributed by atoms with Crippen LogP contribution in [-0.2, 0) is 6.54 Å². The van der Waals surface area contributed by atoms with E-state index in [1.807, 2.05) is 10.6 Å². The van der Waals surface area contributed by atoms with Crippen molar-refractivity contribution >= 4 is 27.0 Å². The van der Waals surface area contributed by atoms with Crippen molar-refractivity contribution in [3.63, 3.8) is 0 Å². The number of rotatable bonds is 6. The van der Waals surface area contributed by atoms with Crippen LogP contribution in [0.25, 0.3) is 11.0 Å². The molecule has 1 saturated heterocycles. The van der Waals surface area contributed by atoms with E-state index in [4.69, 9.17) is 4.98 Å². The Hall–Kier alpha value is -1.31. The second-order valence-corrected chi connectivity index (χ2v) is 8.02. The van der Waals surface area contributed by atoms with Gasteiger partial charge in [-0.05, 0) is 41.8 Å². The Bertz CT molecular complexity index is 821. The Morgan fingerprint density at radius 3 is 2.88 bits per heavy atom. The molecule has 0 bridgehead atoms. The fourth-order valence-electron chi connectivity index (χ4n) is 3.78. The maximum Gasteiger partial charge on any atom is 0.263 e. The third kappa shape index (κ3) is 4.00. The van der Waals surface area contributed by atoms with Crippen LogP contribution in [0.5, 0.6) is 0 Å². The van der Waals surface area contributed by atoms with Gasteiger partial charge < -0.3 is 5.32 Å². The van der Waals surface area contributed by atoms with Crippen LogP contribution in [0.15, 0.2) is 21.5 Å². The summed E-state index contributed by atoms with van der Waals surface area (Å²) < 4.78 is 2.68. The van der Waals surface area contributed by atoms with Gasteiger partial charge in [0.1, 0.15) is 5.82 Å². The van der Waals surface area contributed by atoms with Crippen LogP contribution in [0.2, 0.25) is 0 Å². The maximum absolute atomic E-state index is 13.2. The summed E-state index contributed by atoms with van der Waals surface area (Å²) in [5.41, 5.74) is 0.565. The van der Waals surface area contributed by atoms with Gasteiger partial charge in [0.15, 0.2) is 5.65 Å². The van der Waals surface area contributed by atoms with E-state index in [0.29, 0.717) is 23.6 Å². The van der Waals surface area contributed by atoms with Crippen LogP contribution in [-0.4, -0.2) is 45.1 Å². The first kappa shape index (κ1) is 19.5. The predicted octanol–water partition coefficient (Wildman–Crippen LogP) is 3.10. The average molecular weight is 422 g/mol. The molecule has 0 aromatic carbocycles. The third-order valence-electron chi connectivity index (χ3n) is 4.95. The van der Waals surface area contributed by atoms with Gasteiger partial charge in [-0.2, -0.15) is 0 Å². The van der Waals surface area contributed by atoms with Crippen LogP contribution in [0, 0.1) is 0 Å². The molecular formula is C19H28BrN5O. The highest BCUT2D eigenvalue weighted by Gasteiger charge is 2.28. The number of halogens is 1. The van der Waals surface area contributed by atoms with Gasteiger partial charge in [-0.1, -0.05) is 20.3 Å². The lowest BCUT2D eigenvalue weighted by atomic mass is 10.1. The van der Waals surface area contributed by atoms with E-state index in [2.05, 4.69) is 51.9 Å². The summed E-state index contributed by atoms with van der Waals surface area (Å²) in [6, 6.07) is 2.43. The molecule has 1 aliphatic rings. The monoisotopic (exact) mass is 421 g/mol. The van der Waals surface area contributed by atoms with Gasteiger partial charge in [-0.25, -0.2) is 9.97 Å². The Morgan fingerprint density at radius 1 is 1.38 bits per heavy atom. The largest absolute Gasteiger partial charge is 0.312 e. The predicted molar refractivity (Wildman–Crippen MR) is 108 cm³/mol. The number of pyridine rings is 1. The average Bonchev–Trinajstić information content (AvgIpc) is 2.63. The number of nitrogens with zero attached hydrogens (tertiary/aromatic N) is 4. The van der Waals surface area contributed by atoms with Gasteiger partial charge in [-0.15, -0.1) is 0 Å². The van der Waals surface area contributed by atoms with Crippen LogP contribution in [0.1, 0.15) is 51.9 Å². The lowest BCUT2D eigenvalue weighted by Crippen LogP contribution is -2.51. The standard InChI is InChI=1S/C19H28BrN5O/c1-4-6-16(24-9-7-21-13(3)12-24)18-23-17-15(10-14(20)11-22-17)19(26)25(18)8-5-2/h10-11,13,16,21H,4-9,12H2,1-3H3/t13-,16?/m0/s1. The van der Waals surface area contributed by atoms with Gasteiger partial charge in [-0.3, -0.25) is 14.3 Å². The first-order chi connectivity index (χ1) is 12.5. The van der Waals surface area contributed by atoms with Crippen molar-refractivity contribution < 1.29 is 0 Å². The Balaban J connectivity index is 2.14. The highest BCUT2D eigenvalue weighted by Crippen LogP contribution is 2.26. The number of hydrogen-bond donors (Lipinski definition) is 1. The smallest absolute Gasteiger partial charge is 0.263 e. The van der Waals surface area contributed by atoms with Gasteiger partial charge >= 0.3 is 0 Å². The molecule has 6 nitrogen and oxygen atoms in total. The summed E-state index contributed by atoms with van der Waals surface area (Å²) in [4.78, 5) is 24.9.